The van der Waals surface area contributed by atoms with Gasteiger partial charge in [-0.2, -0.15) is 0 Å². The van der Waals surface area contributed by atoms with Crippen LogP contribution in [0.2, 0.25) is 0 Å². The molecule has 6 heteroatoms. The number of carbonyl (C=O) groups is 3. The number of esters is 1. The molecule has 0 aliphatic carbocycles. The van der Waals surface area contributed by atoms with E-state index in [-0.39, 0.29) is 12.5 Å². The minimum absolute atomic E-state index is 0.130. The number of nitrogens with one attached hydrogen (secondary N) is 1. The molecule has 0 unspecified atom stereocenters. The van der Waals surface area contributed by atoms with Crippen molar-refractivity contribution in [1.29, 1.82) is 0 Å². The van der Waals surface area contributed by atoms with Gasteiger partial charge in [-0.1, -0.05) is 37.3 Å². The number of anilines is 1. The van der Waals surface area contributed by atoms with Gasteiger partial charge in [0.2, 0.25) is 5.91 Å². The summed E-state index contributed by atoms with van der Waals surface area (Å²) in [5.74, 6) is -1.32. The predicted molar refractivity (Wildman–Crippen MR) is 108 cm³/mol. The van der Waals surface area contributed by atoms with Crippen LogP contribution in [0.3, 0.4) is 0 Å². The summed E-state index contributed by atoms with van der Waals surface area (Å²) in [4.78, 5) is 37.7. The summed E-state index contributed by atoms with van der Waals surface area (Å²) in [7, 11) is 1.50. The molecule has 2 rings (SSSR count). The maximum absolute atomic E-state index is 12.2. The van der Waals surface area contributed by atoms with Crippen LogP contribution in [0.5, 0.6) is 0 Å². The Morgan fingerprint density at radius 3 is 2.18 bits per heavy atom. The zero-order chi connectivity index (χ0) is 20.7. The van der Waals surface area contributed by atoms with Gasteiger partial charge in [0.15, 0.2) is 6.61 Å². The molecular formula is C22H26N2O4. The first kappa shape index (κ1) is 21.2. The fourth-order valence-electron chi connectivity index (χ4n) is 2.69. The Balaban J connectivity index is 1.84. The van der Waals surface area contributed by atoms with Crippen molar-refractivity contribution in [1.82, 2.24) is 4.90 Å². The number of likely N-dealkylation sites (N-methyl/N-ethyl adjacent to an activating group) is 1. The highest BCUT2D eigenvalue weighted by Gasteiger charge is 2.17. The van der Waals surface area contributed by atoms with Gasteiger partial charge in [-0.05, 0) is 49.1 Å². The van der Waals surface area contributed by atoms with Crippen LogP contribution in [0.1, 0.15) is 34.0 Å². The van der Waals surface area contributed by atoms with Gasteiger partial charge in [0.25, 0.3) is 5.91 Å². The number of hydrogen-bond acceptors (Lipinski definition) is 4. The molecule has 1 N–H and O–H groups in total. The summed E-state index contributed by atoms with van der Waals surface area (Å²) in [5, 5.41) is 2.83. The number of carbonyl (C=O) groups excluding carboxylic acids is 3. The molecule has 2 aromatic carbocycles. The lowest BCUT2D eigenvalue weighted by Gasteiger charge is -2.18. The summed E-state index contributed by atoms with van der Waals surface area (Å²) in [6.07, 6.45) is 0.878. The predicted octanol–water partition coefficient (Wildman–Crippen LogP) is 3.12. The van der Waals surface area contributed by atoms with Crippen molar-refractivity contribution < 1.29 is 19.1 Å². The molecule has 148 valence electrons. The Bertz CT molecular complexity index is 839. The molecule has 0 atom stereocenters. The van der Waals surface area contributed by atoms with Gasteiger partial charge < -0.3 is 15.0 Å². The van der Waals surface area contributed by atoms with E-state index in [1.807, 2.05) is 51.1 Å². The highest BCUT2D eigenvalue weighted by Crippen LogP contribution is 2.19. The fraction of sp³-hybridized carbons (Fsp3) is 0.318. The van der Waals surface area contributed by atoms with Gasteiger partial charge in [-0.3, -0.25) is 9.59 Å². The maximum Gasteiger partial charge on any atom is 0.338 e. The lowest BCUT2D eigenvalue weighted by molar-refractivity contribution is -0.136. The van der Waals surface area contributed by atoms with E-state index in [0.717, 1.165) is 28.8 Å². The number of hydrogen-bond donors (Lipinski definition) is 1. The minimum Gasteiger partial charge on any atom is -0.452 e. The van der Waals surface area contributed by atoms with Gasteiger partial charge in [-0.15, -0.1) is 0 Å². The Labute approximate surface area is 165 Å². The van der Waals surface area contributed by atoms with Gasteiger partial charge in [0.1, 0.15) is 0 Å². The number of rotatable bonds is 7. The zero-order valence-corrected chi connectivity index (χ0v) is 16.7. The molecule has 0 bridgehead atoms. The van der Waals surface area contributed by atoms with Gasteiger partial charge >= 0.3 is 5.97 Å². The zero-order valence-electron chi connectivity index (χ0n) is 16.7. The molecule has 0 saturated carbocycles. The molecular weight excluding hydrogens is 356 g/mol. The van der Waals surface area contributed by atoms with Crippen LogP contribution in [0.15, 0.2) is 42.5 Å². The first-order chi connectivity index (χ1) is 13.3. The van der Waals surface area contributed by atoms with Crippen LogP contribution < -0.4 is 5.32 Å². The van der Waals surface area contributed by atoms with Gasteiger partial charge in [-0.25, -0.2) is 4.79 Å². The molecule has 2 amide bonds. The van der Waals surface area contributed by atoms with Crippen LogP contribution >= 0.6 is 0 Å². The smallest absolute Gasteiger partial charge is 0.338 e. The first-order valence-electron chi connectivity index (χ1n) is 9.18. The van der Waals surface area contributed by atoms with Crippen LogP contribution in [0, 0.1) is 13.8 Å². The topological polar surface area (TPSA) is 75.7 Å². The van der Waals surface area contributed by atoms with Crippen LogP contribution in [0.4, 0.5) is 5.69 Å². The third kappa shape index (κ3) is 5.67. The third-order valence-corrected chi connectivity index (χ3v) is 4.48. The summed E-state index contributed by atoms with van der Waals surface area (Å²) in [5.41, 5.74) is 4.15. The van der Waals surface area contributed by atoms with Crippen molar-refractivity contribution in [2.75, 3.05) is 25.5 Å². The molecule has 2 aromatic rings. The molecule has 0 heterocycles. The average molecular weight is 382 g/mol. The van der Waals surface area contributed by atoms with Crippen molar-refractivity contribution >= 4 is 23.5 Å². The average Bonchev–Trinajstić information content (AvgIpc) is 2.68. The first-order valence-corrected chi connectivity index (χ1v) is 9.18. The number of aryl methyl sites for hydroxylation is 3. The Morgan fingerprint density at radius 2 is 1.61 bits per heavy atom. The largest absolute Gasteiger partial charge is 0.452 e. The van der Waals surface area contributed by atoms with Crippen LogP contribution in [-0.2, 0) is 20.7 Å². The highest BCUT2D eigenvalue weighted by molar-refractivity contribution is 5.96. The Morgan fingerprint density at radius 1 is 1.00 bits per heavy atom. The molecule has 0 aromatic heterocycles. The number of benzene rings is 2. The second-order valence-electron chi connectivity index (χ2n) is 6.69. The van der Waals surface area contributed by atoms with E-state index in [4.69, 9.17) is 4.74 Å². The van der Waals surface area contributed by atoms with Gasteiger partial charge in [0.05, 0.1) is 12.1 Å². The normalized spacial score (nSPS) is 10.3. The molecule has 0 spiro atoms. The highest BCUT2D eigenvalue weighted by atomic mass is 16.5. The molecule has 0 radical (unpaired) electrons. The lowest BCUT2D eigenvalue weighted by atomic mass is 10.1. The lowest BCUT2D eigenvalue weighted by Crippen LogP contribution is -2.37. The summed E-state index contributed by atoms with van der Waals surface area (Å²) >= 11 is 0. The van der Waals surface area contributed by atoms with Crippen molar-refractivity contribution in [2.24, 2.45) is 0 Å². The molecule has 0 saturated heterocycles. The summed E-state index contributed by atoms with van der Waals surface area (Å²) in [6, 6.07) is 12.8. The van der Waals surface area contributed by atoms with Crippen molar-refractivity contribution in [3.8, 4) is 0 Å². The maximum atomic E-state index is 12.2. The quantitative estimate of drug-likeness (QED) is 0.747. The van der Waals surface area contributed by atoms with Crippen molar-refractivity contribution in [3.63, 3.8) is 0 Å². The van der Waals surface area contributed by atoms with E-state index in [1.165, 1.54) is 11.9 Å². The SMILES string of the molecule is CCc1ccc(C(=O)OCC(=O)N(C)CC(=O)Nc2c(C)cccc2C)cc1. The van der Waals surface area contributed by atoms with E-state index < -0.39 is 18.5 Å². The van der Waals surface area contributed by atoms with Gasteiger partial charge in [0, 0.05) is 12.7 Å². The van der Waals surface area contributed by atoms with Crippen LogP contribution in [0.25, 0.3) is 0 Å². The number of nitrogens with zero attached hydrogens (tertiary/aromatic N) is 1. The summed E-state index contributed by atoms with van der Waals surface area (Å²) in [6.45, 7) is 5.29. The second kappa shape index (κ2) is 9.69. The Hall–Kier alpha value is -3.15. The minimum atomic E-state index is -0.565. The molecule has 28 heavy (non-hydrogen) atoms. The van der Waals surface area contributed by atoms with E-state index in [1.54, 1.807) is 12.1 Å². The van der Waals surface area contributed by atoms with E-state index >= 15 is 0 Å². The number of ether oxygens (including phenoxy) is 1. The fourth-order valence-corrected chi connectivity index (χ4v) is 2.69. The van der Waals surface area contributed by atoms with E-state index in [2.05, 4.69) is 5.32 Å². The molecule has 0 aliphatic rings. The monoisotopic (exact) mass is 382 g/mol. The standard InChI is InChI=1S/C22H26N2O4/c1-5-17-9-11-18(12-10-17)22(27)28-14-20(26)24(4)13-19(25)23-21-15(2)7-6-8-16(21)3/h6-12H,5,13-14H2,1-4H3,(H,23,25). The number of para-hydroxylation sites is 1. The third-order valence-electron chi connectivity index (χ3n) is 4.48. The second-order valence-corrected chi connectivity index (χ2v) is 6.69. The molecule has 0 fully saturated rings. The number of amides is 2. The van der Waals surface area contributed by atoms with E-state index in [9.17, 15) is 14.4 Å². The van der Waals surface area contributed by atoms with Crippen molar-refractivity contribution in [2.45, 2.75) is 27.2 Å². The molecule has 6 nitrogen and oxygen atoms in total. The molecule has 0 aliphatic heterocycles. The van der Waals surface area contributed by atoms with Crippen LogP contribution in [-0.4, -0.2) is 42.9 Å². The van der Waals surface area contributed by atoms with E-state index in [0.29, 0.717) is 5.56 Å². The Kier molecular flexibility index (Phi) is 7.32. The summed E-state index contributed by atoms with van der Waals surface area (Å²) < 4.78 is 5.06. The van der Waals surface area contributed by atoms with Crippen molar-refractivity contribution in [3.05, 3.63) is 64.7 Å².